The quantitative estimate of drug-likeness (QED) is 0.686. The molecule has 1 aromatic carbocycles. The molecule has 8 heteroatoms. The van der Waals surface area contributed by atoms with Crippen molar-refractivity contribution < 1.29 is 19.4 Å². The van der Waals surface area contributed by atoms with Crippen molar-refractivity contribution in [1.29, 1.82) is 0 Å². The van der Waals surface area contributed by atoms with E-state index < -0.39 is 12.0 Å². The second-order valence-electron chi connectivity index (χ2n) is 3.46. The maximum absolute atomic E-state index is 11.5. The number of urea groups is 1. The molecule has 2 amide bonds. The molecule has 0 fully saturated rings. The molecule has 0 bridgehead atoms. The van der Waals surface area contributed by atoms with Crippen LogP contribution in [0.25, 0.3) is 0 Å². The van der Waals surface area contributed by atoms with E-state index in [1.807, 2.05) is 0 Å². The number of anilines is 1. The zero-order chi connectivity index (χ0) is 14.3. The van der Waals surface area contributed by atoms with Crippen LogP contribution in [0.1, 0.15) is 0 Å². The van der Waals surface area contributed by atoms with Crippen LogP contribution in [0.2, 0.25) is 5.02 Å². The first kappa shape index (κ1) is 15.7. The molecule has 104 valence electrons. The van der Waals surface area contributed by atoms with E-state index in [0.717, 1.165) is 0 Å². The van der Waals surface area contributed by atoms with Crippen molar-refractivity contribution in [2.24, 2.45) is 0 Å². The van der Waals surface area contributed by atoms with Gasteiger partial charge in [0.05, 0.1) is 11.6 Å². The van der Waals surface area contributed by atoms with Crippen LogP contribution in [0.5, 0.6) is 0 Å². The minimum Gasteiger partial charge on any atom is -0.480 e. The van der Waals surface area contributed by atoms with Crippen molar-refractivity contribution >= 4 is 45.2 Å². The normalized spacial score (nSPS) is 10.0. The Balaban J connectivity index is 2.27. The zero-order valence-electron chi connectivity index (χ0n) is 9.78. The van der Waals surface area contributed by atoms with Gasteiger partial charge in [-0.3, -0.25) is 0 Å². The third kappa shape index (κ3) is 6.42. The lowest BCUT2D eigenvalue weighted by Gasteiger charge is -2.08. The number of carboxylic acids is 1. The average Bonchev–Trinajstić information content (AvgIpc) is 2.33. The highest BCUT2D eigenvalue weighted by Gasteiger charge is 2.03. The largest absolute Gasteiger partial charge is 0.480 e. The number of carbonyl (C=O) groups is 2. The summed E-state index contributed by atoms with van der Waals surface area (Å²) in [7, 11) is 0. The number of ether oxygens (including phenoxy) is 1. The summed E-state index contributed by atoms with van der Waals surface area (Å²) in [4.78, 5) is 21.6. The van der Waals surface area contributed by atoms with Crippen molar-refractivity contribution in [2.75, 3.05) is 25.1 Å². The zero-order valence-corrected chi connectivity index (χ0v) is 12.1. The van der Waals surface area contributed by atoms with Gasteiger partial charge in [-0.2, -0.15) is 0 Å². The van der Waals surface area contributed by atoms with Gasteiger partial charge in [0.1, 0.15) is 6.61 Å². The Hall–Kier alpha value is -1.31. The van der Waals surface area contributed by atoms with E-state index in [4.69, 9.17) is 21.4 Å². The lowest BCUT2D eigenvalue weighted by atomic mass is 10.3. The van der Waals surface area contributed by atoms with Crippen LogP contribution in [0.15, 0.2) is 22.7 Å². The second kappa shape index (κ2) is 7.98. The van der Waals surface area contributed by atoms with E-state index in [0.29, 0.717) is 15.2 Å². The molecule has 0 aromatic heterocycles. The van der Waals surface area contributed by atoms with Crippen molar-refractivity contribution in [1.82, 2.24) is 5.32 Å². The minimum atomic E-state index is -1.05. The molecular weight excluding hydrogens is 339 g/mol. The number of halogens is 2. The van der Waals surface area contributed by atoms with Crippen LogP contribution >= 0.6 is 27.5 Å². The first-order valence-electron chi connectivity index (χ1n) is 5.28. The smallest absolute Gasteiger partial charge is 0.329 e. The molecule has 0 aliphatic heterocycles. The first-order chi connectivity index (χ1) is 8.99. The van der Waals surface area contributed by atoms with Gasteiger partial charge in [0.15, 0.2) is 0 Å². The predicted molar refractivity (Wildman–Crippen MR) is 74.6 cm³/mol. The summed E-state index contributed by atoms with van der Waals surface area (Å²) in [6, 6.07) is 4.57. The van der Waals surface area contributed by atoms with Crippen LogP contribution in [-0.2, 0) is 9.53 Å². The molecule has 0 radical (unpaired) electrons. The topological polar surface area (TPSA) is 87.7 Å². The molecular formula is C11H12BrClN2O4. The van der Waals surface area contributed by atoms with Crippen molar-refractivity contribution in [2.45, 2.75) is 0 Å². The highest BCUT2D eigenvalue weighted by molar-refractivity contribution is 9.10. The molecule has 0 saturated carbocycles. The van der Waals surface area contributed by atoms with Crippen LogP contribution < -0.4 is 10.6 Å². The number of aliphatic carboxylic acids is 1. The van der Waals surface area contributed by atoms with Crippen LogP contribution in [0, 0.1) is 0 Å². The fraction of sp³-hybridized carbons (Fsp3) is 0.273. The van der Waals surface area contributed by atoms with E-state index in [1.165, 1.54) is 0 Å². The number of hydrogen-bond acceptors (Lipinski definition) is 3. The highest BCUT2D eigenvalue weighted by Crippen LogP contribution is 2.25. The van der Waals surface area contributed by atoms with Gasteiger partial charge in [0, 0.05) is 16.7 Å². The first-order valence-corrected chi connectivity index (χ1v) is 6.45. The molecule has 0 heterocycles. The fourth-order valence-corrected chi connectivity index (χ4v) is 1.64. The summed E-state index contributed by atoms with van der Waals surface area (Å²) >= 11 is 9.06. The third-order valence-corrected chi connectivity index (χ3v) is 3.15. The van der Waals surface area contributed by atoms with Gasteiger partial charge in [-0.15, -0.1) is 0 Å². The maximum Gasteiger partial charge on any atom is 0.329 e. The number of hydrogen-bond donors (Lipinski definition) is 3. The lowest BCUT2D eigenvalue weighted by molar-refractivity contribution is -0.142. The van der Waals surface area contributed by atoms with Crippen LogP contribution in [0.3, 0.4) is 0 Å². The van der Waals surface area contributed by atoms with E-state index in [9.17, 15) is 9.59 Å². The Morgan fingerprint density at radius 3 is 2.79 bits per heavy atom. The average molecular weight is 352 g/mol. The van der Waals surface area contributed by atoms with Gasteiger partial charge >= 0.3 is 12.0 Å². The summed E-state index contributed by atoms with van der Waals surface area (Å²) in [6.45, 7) is -0.0364. The summed E-state index contributed by atoms with van der Waals surface area (Å²) in [5, 5.41) is 14.0. The molecule has 0 aliphatic rings. The molecule has 0 saturated heterocycles. The number of nitrogens with one attached hydrogen (secondary N) is 2. The Morgan fingerprint density at radius 2 is 2.16 bits per heavy atom. The van der Waals surface area contributed by atoms with Crippen molar-refractivity contribution in [3.8, 4) is 0 Å². The minimum absolute atomic E-state index is 0.129. The summed E-state index contributed by atoms with van der Waals surface area (Å²) in [5.41, 5.74) is 0.584. The molecule has 0 aliphatic carbocycles. The molecule has 6 nitrogen and oxygen atoms in total. The Bertz CT molecular complexity index is 470. The summed E-state index contributed by atoms with van der Waals surface area (Å²) < 4.78 is 5.44. The molecule has 0 spiro atoms. The highest BCUT2D eigenvalue weighted by atomic mass is 79.9. The number of carboxylic acid groups (broad SMARTS) is 1. The van der Waals surface area contributed by atoms with Gasteiger partial charge in [-0.25, -0.2) is 9.59 Å². The molecule has 1 aromatic rings. The third-order valence-electron chi connectivity index (χ3n) is 1.93. The Kier molecular flexibility index (Phi) is 6.61. The molecule has 19 heavy (non-hydrogen) atoms. The second-order valence-corrected chi connectivity index (χ2v) is 4.72. The molecule has 0 unspecified atom stereocenters. The van der Waals surface area contributed by atoms with E-state index in [2.05, 4.69) is 26.6 Å². The summed E-state index contributed by atoms with van der Waals surface area (Å²) in [6.07, 6.45) is 0. The van der Waals surface area contributed by atoms with Gasteiger partial charge < -0.3 is 20.5 Å². The van der Waals surface area contributed by atoms with Gasteiger partial charge in [-0.1, -0.05) is 11.6 Å². The van der Waals surface area contributed by atoms with Crippen molar-refractivity contribution in [3.05, 3.63) is 27.7 Å². The van der Waals surface area contributed by atoms with E-state index in [1.54, 1.807) is 18.2 Å². The number of rotatable bonds is 6. The SMILES string of the molecule is O=C(O)COCCNC(=O)Nc1ccc(Cl)c(Br)c1. The molecule has 0 atom stereocenters. The number of amides is 2. The Morgan fingerprint density at radius 1 is 1.42 bits per heavy atom. The monoisotopic (exact) mass is 350 g/mol. The standard InChI is InChI=1S/C11H12BrClN2O4/c12-8-5-7(1-2-9(8)13)15-11(18)14-3-4-19-6-10(16)17/h1-2,5H,3-4,6H2,(H,16,17)(H2,14,15,18). The van der Waals surface area contributed by atoms with Crippen LogP contribution in [0.4, 0.5) is 10.5 Å². The van der Waals surface area contributed by atoms with Gasteiger partial charge in [0.2, 0.25) is 0 Å². The van der Waals surface area contributed by atoms with Crippen LogP contribution in [-0.4, -0.2) is 36.9 Å². The number of benzene rings is 1. The van der Waals surface area contributed by atoms with E-state index in [-0.39, 0.29) is 19.8 Å². The van der Waals surface area contributed by atoms with Gasteiger partial charge in [0.25, 0.3) is 0 Å². The predicted octanol–water partition coefficient (Wildman–Crippen LogP) is 2.33. The molecule has 1 rings (SSSR count). The maximum atomic E-state index is 11.5. The van der Waals surface area contributed by atoms with E-state index >= 15 is 0 Å². The Labute approximate surface area is 123 Å². The summed E-state index contributed by atoms with van der Waals surface area (Å²) in [5.74, 6) is -1.05. The number of carbonyl (C=O) groups excluding carboxylic acids is 1. The molecule has 3 N–H and O–H groups in total. The lowest BCUT2D eigenvalue weighted by Crippen LogP contribution is -2.31. The van der Waals surface area contributed by atoms with Crippen molar-refractivity contribution in [3.63, 3.8) is 0 Å². The van der Waals surface area contributed by atoms with Gasteiger partial charge in [-0.05, 0) is 34.1 Å². The fourth-order valence-electron chi connectivity index (χ4n) is 1.15.